The average Bonchev–Trinajstić information content (AvgIpc) is 3.20. The number of fused-ring (bicyclic) bond motifs is 1. The summed E-state index contributed by atoms with van der Waals surface area (Å²) >= 11 is 1.77. The second-order valence-corrected chi connectivity index (χ2v) is 9.88. The summed E-state index contributed by atoms with van der Waals surface area (Å²) in [7, 11) is -3.76. The number of aryl methyl sites for hydroxylation is 1. The Morgan fingerprint density at radius 2 is 1.87 bits per heavy atom. The summed E-state index contributed by atoms with van der Waals surface area (Å²) < 4.78 is 28.6. The maximum atomic E-state index is 12.9. The van der Waals surface area contributed by atoms with Crippen LogP contribution in [0.3, 0.4) is 0 Å². The number of thiophene rings is 1. The van der Waals surface area contributed by atoms with Crippen molar-refractivity contribution in [3.8, 4) is 0 Å². The van der Waals surface area contributed by atoms with E-state index in [1.165, 1.54) is 22.6 Å². The molecular formula is C22H22N2O4S2. The van der Waals surface area contributed by atoms with Crippen LogP contribution in [0.5, 0.6) is 0 Å². The van der Waals surface area contributed by atoms with E-state index in [1.54, 1.807) is 29.5 Å². The summed E-state index contributed by atoms with van der Waals surface area (Å²) in [5.74, 6) is -0.878. The third kappa shape index (κ3) is 4.49. The Bertz CT molecular complexity index is 1150. The van der Waals surface area contributed by atoms with Crippen molar-refractivity contribution in [3.63, 3.8) is 0 Å². The van der Waals surface area contributed by atoms with Crippen LogP contribution in [0.1, 0.15) is 22.4 Å². The highest BCUT2D eigenvalue weighted by molar-refractivity contribution is 7.92. The van der Waals surface area contributed by atoms with E-state index in [1.807, 2.05) is 18.2 Å². The number of aliphatic carboxylic acids is 1. The van der Waals surface area contributed by atoms with Gasteiger partial charge in [-0.15, -0.1) is 11.3 Å². The van der Waals surface area contributed by atoms with E-state index in [2.05, 4.69) is 21.1 Å². The Morgan fingerprint density at radius 3 is 2.63 bits per heavy atom. The van der Waals surface area contributed by atoms with Crippen molar-refractivity contribution in [2.45, 2.75) is 30.7 Å². The van der Waals surface area contributed by atoms with Crippen LogP contribution in [0.25, 0.3) is 0 Å². The van der Waals surface area contributed by atoms with E-state index in [-0.39, 0.29) is 11.3 Å². The molecule has 0 saturated carbocycles. The molecule has 0 atom stereocenters. The summed E-state index contributed by atoms with van der Waals surface area (Å²) in [6.07, 6.45) is 1.33. The first-order valence-electron chi connectivity index (χ1n) is 9.65. The number of hydrogen-bond acceptors (Lipinski definition) is 5. The van der Waals surface area contributed by atoms with Crippen molar-refractivity contribution in [2.75, 3.05) is 16.2 Å². The molecular weight excluding hydrogens is 420 g/mol. The van der Waals surface area contributed by atoms with Gasteiger partial charge in [-0.2, -0.15) is 0 Å². The summed E-state index contributed by atoms with van der Waals surface area (Å²) in [5, 5.41) is 10.9. The molecule has 0 aliphatic carbocycles. The molecule has 1 aliphatic heterocycles. The summed E-state index contributed by atoms with van der Waals surface area (Å²) in [6, 6.07) is 15.9. The van der Waals surface area contributed by atoms with Crippen molar-refractivity contribution in [1.29, 1.82) is 0 Å². The predicted molar refractivity (Wildman–Crippen MR) is 119 cm³/mol. The lowest BCUT2D eigenvalue weighted by molar-refractivity contribution is -0.136. The average molecular weight is 443 g/mol. The Morgan fingerprint density at radius 1 is 1.10 bits per heavy atom. The Labute approximate surface area is 179 Å². The number of carboxylic acids is 1. The molecule has 30 heavy (non-hydrogen) atoms. The Balaban J connectivity index is 1.53. The highest BCUT2D eigenvalue weighted by Gasteiger charge is 2.22. The predicted octanol–water partition coefficient (Wildman–Crippen LogP) is 4.13. The van der Waals surface area contributed by atoms with Crippen LogP contribution in [0, 0.1) is 0 Å². The monoisotopic (exact) mass is 442 g/mol. The fraction of sp³-hybridized carbons (Fsp3) is 0.227. The molecule has 0 radical (unpaired) electrons. The molecule has 2 aromatic carbocycles. The number of nitrogens with zero attached hydrogens (tertiary/aromatic N) is 1. The number of para-hydroxylation sites is 2. The van der Waals surface area contributed by atoms with E-state index in [4.69, 9.17) is 5.11 Å². The van der Waals surface area contributed by atoms with Gasteiger partial charge in [0.05, 0.1) is 16.3 Å². The summed E-state index contributed by atoms with van der Waals surface area (Å²) in [6.45, 7) is 1.60. The van der Waals surface area contributed by atoms with Crippen LogP contribution in [-0.2, 0) is 34.2 Å². The zero-order valence-electron chi connectivity index (χ0n) is 16.2. The van der Waals surface area contributed by atoms with Crippen LogP contribution in [-0.4, -0.2) is 26.0 Å². The van der Waals surface area contributed by atoms with Crippen LogP contribution in [0.15, 0.2) is 64.9 Å². The minimum absolute atomic E-state index is 0.0133. The number of anilines is 2. The topological polar surface area (TPSA) is 86.7 Å². The smallest absolute Gasteiger partial charge is 0.303 e. The second-order valence-electron chi connectivity index (χ2n) is 7.20. The van der Waals surface area contributed by atoms with Gasteiger partial charge in [0.2, 0.25) is 0 Å². The van der Waals surface area contributed by atoms with E-state index in [0.29, 0.717) is 12.1 Å². The van der Waals surface area contributed by atoms with Crippen molar-refractivity contribution in [2.24, 2.45) is 0 Å². The van der Waals surface area contributed by atoms with Crippen molar-refractivity contribution < 1.29 is 18.3 Å². The zero-order chi connectivity index (χ0) is 21.1. The van der Waals surface area contributed by atoms with Crippen molar-refractivity contribution >= 4 is 38.7 Å². The first-order valence-corrected chi connectivity index (χ1v) is 12.0. The highest BCUT2D eigenvalue weighted by atomic mass is 32.2. The quantitative estimate of drug-likeness (QED) is 0.575. The van der Waals surface area contributed by atoms with Gasteiger partial charge in [0, 0.05) is 24.4 Å². The number of nitrogens with one attached hydrogen (secondary N) is 1. The molecule has 6 nitrogen and oxygen atoms in total. The summed E-state index contributed by atoms with van der Waals surface area (Å²) in [4.78, 5) is 14.4. The van der Waals surface area contributed by atoms with Gasteiger partial charge in [0.15, 0.2) is 0 Å². The number of sulfonamides is 1. The van der Waals surface area contributed by atoms with Gasteiger partial charge < -0.3 is 10.0 Å². The number of carboxylic acid groups (broad SMARTS) is 1. The van der Waals surface area contributed by atoms with E-state index >= 15 is 0 Å². The maximum absolute atomic E-state index is 12.9. The van der Waals surface area contributed by atoms with E-state index < -0.39 is 16.0 Å². The first-order chi connectivity index (χ1) is 14.4. The molecule has 0 bridgehead atoms. The fourth-order valence-electron chi connectivity index (χ4n) is 3.58. The molecule has 4 rings (SSSR count). The molecule has 3 aromatic rings. The van der Waals surface area contributed by atoms with Gasteiger partial charge in [-0.25, -0.2) is 8.42 Å². The summed E-state index contributed by atoms with van der Waals surface area (Å²) in [5.41, 5.74) is 3.49. The van der Waals surface area contributed by atoms with Gasteiger partial charge in [-0.1, -0.05) is 24.3 Å². The normalized spacial score (nSPS) is 13.7. The molecule has 156 valence electrons. The third-order valence-corrected chi connectivity index (χ3v) is 7.56. The van der Waals surface area contributed by atoms with Gasteiger partial charge in [0.1, 0.15) is 0 Å². The molecule has 0 saturated heterocycles. The lowest BCUT2D eigenvalue weighted by Gasteiger charge is -2.30. The standard InChI is InChI=1S/C22H22N2O4S2/c25-22(26)10-7-16-5-8-18(9-6-16)30(27,28)23-19-3-1-2-4-20(19)24-13-11-21-17(15-24)12-14-29-21/h1-6,8-9,12,14,23H,7,10-11,13,15H2,(H,25,26). The van der Waals surface area contributed by atoms with E-state index in [9.17, 15) is 13.2 Å². The molecule has 0 unspecified atom stereocenters. The number of benzene rings is 2. The lowest BCUT2D eigenvalue weighted by Crippen LogP contribution is -2.30. The van der Waals surface area contributed by atoms with Gasteiger partial charge in [-0.3, -0.25) is 9.52 Å². The molecule has 2 N–H and O–H groups in total. The van der Waals surface area contributed by atoms with Crippen molar-refractivity contribution in [3.05, 3.63) is 76.0 Å². The Kier molecular flexibility index (Phi) is 5.78. The maximum Gasteiger partial charge on any atom is 0.303 e. The minimum Gasteiger partial charge on any atom is -0.481 e. The van der Waals surface area contributed by atoms with Crippen molar-refractivity contribution in [1.82, 2.24) is 0 Å². The molecule has 0 spiro atoms. The van der Waals surface area contributed by atoms with Crippen LogP contribution >= 0.6 is 11.3 Å². The molecule has 0 fully saturated rings. The fourth-order valence-corrected chi connectivity index (χ4v) is 5.54. The third-order valence-electron chi connectivity index (χ3n) is 5.16. The zero-order valence-corrected chi connectivity index (χ0v) is 17.9. The minimum atomic E-state index is -3.76. The SMILES string of the molecule is O=C(O)CCc1ccc(S(=O)(=O)Nc2ccccc2N2CCc3sccc3C2)cc1. The number of carbonyl (C=O) groups is 1. The van der Waals surface area contributed by atoms with Gasteiger partial charge >= 0.3 is 5.97 Å². The largest absolute Gasteiger partial charge is 0.481 e. The lowest BCUT2D eigenvalue weighted by atomic mass is 10.1. The molecule has 1 aromatic heterocycles. The van der Waals surface area contributed by atoms with Crippen LogP contribution in [0.2, 0.25) is 0 Å². The van der Waals surface area contributed by atoms with Gasteiger partial charge in [0.25, 0.3) is 10.0 Å². The number of rotatable bonds is 7. The molecule has 2 heterocycles. The highest BCUT2D eigenvalue weighted by Crippen LogP contribution is 2.33. The van der Waals surface area contributed by atoms with Crippen LogP contribution < -0.4 is 9.62 Å². The molecule has 0 amide bonds. The molecule has 1 aliphatic rings. The van der Waals surface area contributed by atoms with Gasteiger partial charge in [-0.05, 0) is 59.7 Å². The van der Waals surface area contributed by atoms with Crippen LogP contribution in [0.4, 0.5) is 11.4 Å². The Hall–Kier alpha value is -2.84. The number of hydrogen-bond donors (Lipinski definition) is 2. The van der Waals surface area contributed by atoms with E-state index in [0.717, 1.165) is 30.8 Å². The second kappa shape index (κ2) is 8.49. The first kappa shape index (κ1) is 20.4. The molecule has 8 heteroatoms.